The zero-order valence-corrected chi connectivity index (χ0v) is 15.7. The van der Waals surface area contributed by atoms with Crippen LogP contribution in [0.1, 0.15) is 19.4 Å². The Labute approximate surface area is 164 Å². The van der Waals surface area contributed by atoms with Gasteiger partial charge in [-0.1, -0.05) is 17.7 Å². The third-order valence-corrected chi connectivity index (χ3v) is 4.15. The van der Waals surface area contributed by atoms with Gasteiger partial charge in [0.25, 0.3) is 11.8 Å². The second kappa shape index (κ2) is 7.89. The molecule has 1 atom stereocenters. The third-order valence-electron chi connectivity index (χ3n) is 3.82. The first-order valence-corrected chi connectivity index (χ1v) is 8.60. The van der Waals surface area contributed by atoms with E-state index in [4.69, 9.17) is 16.3 Å². The van der Waals surface area contributed by atoms with E-state index in [1.54, 1.807) is 31.2 Å². The lowest BCUT2D eigenvalue weighted by Crippen LogP contribution is -2.30. The van der Waals surface area contributed by atoms with Gasteiger partial charge < -0.3 is 10.1 Å². The molecule has 0 aliphatic heterocycles. The molecule has 10 heteroatoms. The first kappa shape index (κ1) is 19.7. The fourth-order valence-corrected chi connectivity index (χ4v) is 2.70. The molecule has 7 nitrogen and oxygen atoms in total. The van der Waals surface area contributed by atoms with Gasteiger partial charge in [-0.15, -0.1) is 5.10 Å². The maximum Gasteiger partial charge on any atom is 0.272 e. The van der Waals surface area contributed by atoms with E-state index in [2.05, 4.69) is 20.8 Å². The minimum Gasteiger partial charge on any atom is -0.481 e. The van der Waals surface area contributed by atoms with Gasteiger partial charge in [0.15, 0.2) is 6.10 Å². The molecule has 0 aliphatic carbocycles. The Morgan fingerprint density at radius 2 is 2.07 bits per heavy atom. The van der Waals surface area contributed by atoms with Crippen molar-refractivity contribution in [2.24, 2.45) is 0 Å². The van der Waals surface area contributed by atoms with Crippen LogP contribution in [0.5, 0.6) is 5.75 Å². The number of rotatable bonds is 6. The van der Waals surface area contributed by atoms with Crippen LogP contribution >= 0.6 is 11.6 Å². The van der Waals surface area contributed by atoms with Crippen molar-refractivity contribution in [2.75, 3.05) is 5.32 Å². The van der Waals surface area contributed by atoms with Gasteiger partial charge in [0.2, 0.25) is 0 Å². The van der Waals surface area contributed by atoms with Crippen LogP contribution < -0.4 is 10.1 Å². The zero-order chi connectivity index (χ0) is 20.3. The van der Waals surface area contributed by atoms with Crippen molar-refractivity contribution in [3.63, 3.8) is 0 Å². The number of alkyl halides is 2. The molecule has 1 amide bonds. The molecule has 3 rings (SSSR count). The highest BCUT2D eigenvalue weighted by atomic mass is 35.5. The maximum absolute atomic E-state index is 13.6. The largest absolute Gasteiger partial charge is 0.481 e. The van der Waals surface area contributed by atoms with Gasteiger partial charge >= 0.3 is 0 Å². The van der Waals surface area contributed by atoms with Gasteiger partial charge in [0, 0.05) is 29.3 Å². The minimum atomic E-state index is -3.13. The van der Waals surface area contributed by atoms with Crippen molar-refractivity contribution in [1.29, 1.82) is 0 Å². The fourth-order valence-electron chi connectivity index (χ4n) is 2.42. The van der Waals surface area contributed by atoms with Crippen molar-refractivity contribution < 1.29 is 18.3 Å². The fraction of sp³-hybridized carbons (Fsp3) is 0.222. The lowest BCUT2D eigenvalue weighted by atomic mass is 10.1. The Morgan fingerprint density at radius 3 is 2.75 bits per heavy atom. The first-order valence-electron chi connectivity index (χ1n) is 8.23. The Bertz CT molecular complexity index is 976. The van der Waals surface area contributed by atoms with Gasteiger partial charge in [-0.25, -0.2) is 13.5 Å². The predicted octanol–water partition coefficient (Wildman–Crippen LogP) is 3.83. The smallest absolute Gasteiger partial charge is 0.272 e. The van der Waals surface area contributed by atoms with E-state index in [1.165, 1.54) is 23.1 Å². The number of aromatic nitrogens is 4. The molecule has 0 aliphatic rings. The average Bonchev–Trinajstić information content (AvgIpc) is 3.17. The molecule has 2 aromatic carbocycles. The van der Waals surface area contributed by atoms with E-state index in [0.29, 0.717) is 11.4 Å². The molecule has 3 aromatic rings. The molecule has 0 spiro atoms. The molecule has 1 N–H and O–H groups in total. The van der Waals surface area contributed by atoms with Crippen LogP contribution in [0.25, 0.3) is 5.69 Å². The molecular formula is C18H16ClF2N5O2. The van der Waals surface area contributed by atoms with Crippen molar-refractivity contribution in [3.05, 3.63) is 59.4 Å². The number of benzene rings is 2. The van der Waals surface area contributed by atoms with Crippen LogP contribution in [0, 0.1) is 0 Å². The van der Waals surface area contributed by atoms with Crippen molar-refractivity contribution in [3.8, 4) is 11.4 Å². The number of carbonyl (C=O) groups excluding carboxylic acids is 1. The summed E-state index contributed by atoms with van der Waals surface area (Å²) in [6.07, 6.45) is 0.544. The summed E-state index contributed by atoms with van der Waals surface area (Å²) >= 11 is 5.81. The van der Waals surface area contributed by atoms with E-state index in [9.17, 15) is 13.6 Å². The Morgan fingerprint density at radius 1 is 1.29 bits per heavy atom. The van der Waals surface area contributed by atoms with E-state index < -0.39 is 17.9 Å². The number of ether oxygens (including phenoxy) is 1. The standard InChI is InChI=1S/C18H16ClF2N5O2/c1-11(28-14-5-3-4-13(9-14)26-10-22-24-25-26)17(27)23-12-6-7-16(19)15(8-12)18(2,20)21/h3-11H,1-2H3,(H,23,27). The van der Waals surface area contributed by atoms with Crippen LogP contribution in [0.15, 0.2) is 48.8 Å². The monoisotopic (exact) mass is 407 g/mol. The van der Waals surface area contributed by atoms with E-state index in [-0.39, 0.29) is 16.3 Å². The highest BCUT2D eigenvalue weighted by molar-refractivity contribution is 6.31. The van der Waals surface area contributed by atoms with Gasteiger partial charge in [0.05, 0.1) is 5.69 Å². The normalized spacial score (nSPS) is 12.5. The molecule has 28 heavy (non-hydrogen) atoms. The van der Waals surface area contributed by atoms with Gasteiger partial charge in [-0.2, -0.15) is 0 Å². The lowest BCUT2D eigenvalue weighted by Gasteiger charge is -2.17. The highest BCUT2D eigenvalue weighted by Gasteiger charge is 2.28. The van der Waals surface area contributed by atoms with Crippen LogP contribution in [-0.4, -0.2) is 32.2 Å². The molecule has 1 aromatic heterocycles. The summed E-state index contributed by atoms with van der Waals surface area (Å²) < 4.78 is 34.3. The number of nitrogens with zero attached hydrogens (tertiary/aromatic N) is 4. The van der Waals surface area contributed by atoms with Gasteiger partial charge in [-0.05, 0) is 47.7 Å². The maximum atomic E-state index is 13.6. The Hall–Kier alpha value is -3.07. The Kier molecular flexibility index (Phi) is 5.55. The molecule has 0 saturated heterocycles. The molecule has 146 valence electrons. The molecule has 1 heterocycles. The predicted molar refractivity (Wildman–Crippen MR) is 98.9 cm³/mol. The van der Waals surface area contributed by atoms with Crippen molar-refractivity contribution in [2.45, 2.75) is 25.9 Å². The molecule has 1 unspecified atom stereocenters. The molecule has 0 radical (unpaired) electrons. The molecule has 0 bridgehead atoms. The first-order chi connectivity index (χ1) is 13.2. The van der Waals surface area contributed by atoms with Crippen LogP contribution in [-0.2, 0) is 10.7 Å². The molecule has 0 saturated carbocycles. The zero-order valence-electron chi connectivity index (χ0n) is 14.9. The van der Waals surface area contributed by atoms with E-state index >= 15 is 0 Å². The number of halogens is 3. The number of hydrogen-bond acceptors (Lipinski definition) is 5. The average molecular weight is 408 g/mol. The quantitative estimate of drug-likeness (QED) is 0.671. The van der Waals surface area contributed by atoms with Crippen molar-refractivity contribution in [1.82, 2.24) is 20.2 Å². The second-order valence-corrected chi connectivity index (χ2v) is 6.49. The van der Waals surface area contributed by atoms with E-state index in [0.717, 1.165) is 13.0 Å². The number of tetrazole rings is 1. The second-order valence-electron chi connectivity index (χ2n) is 6.08. The third kappa shape index (κ3) is 4.61. The number of anilines is 1. The van der Waals surface area contributed by atoms with Crippen LogP contribution in [0.2, 0.25) is 5.02 Å². The number of carbonyl (C=O) groups is 1. The summed E-state index contributed by atoms with van der Waals surface area (Å²) in [5.41, 5.74) is 0.487. The number of nitrogens with one attached hydrogen (secondary N) is 1. The van der Waals surface area contributed by atoms with Gasteiger partial charge in [-0.3, -0.25) is 4.79 Å². The molecular weight excluding hydrogens is 392 g/mol. The number of amides is 1. The van der Waals surface area contributed by atoms with E-state index in [1.807, 2.05) is 0 Å². The molecule has 0 fully saturated rings. The topological polar surface area (TPSA) is 81.9 Å². The summed E-state index contributed by atoms with van der Waals surface area (Å²) in [6.45, 7) is 2.29. The van der Waals surface area contributed by atoms with Gasteiger partial charge in [0.1, 0.15) is 12.1 Å². The summed E-state index contributed by atoms with van der Waals surface area (Å²) in [5.74, 6) is -3.20. The Balaban J connectivity index is 1.70. The van der Waals surface area contributed by atoms with Crippen molar-refractivity contribution >= 4 is 23.2 Å². The summed E-state index contributed by atoms with van der Waals surface area (Å²) in [4.78, 5) is 12.4. The SMILES string of the molecule is CC(Oc1cccc(-n2cnnn2)c1)C(=O)Nc1ccc(Cl)c(C(C)(F)F)c1. The highest BCUT2D eigenvalue weighted by Crippen LogP contribution is 2.34. The summed E-state index contributed by atoms with van der Waals surface area (Å²) in [6, 6.07) is 10.7. The number of hydrogen-bond donors (Lipinski definition) is 1. The minimum absolute atomic E-state index is 0.0748. The summed E-state index contributed by atoms with van der Waals surface area (Å²) in [5, 5.41) is 13.4. The van der Waals surface area contributed by atoms with Crippen LogP contribution in [0.3, 0.4) is 0 Å². The summed E-state index contributed by atoms with van der Waals surface area (Å²) in [7, 11) is 0. The lowest BCUT2D eigenvalue weighted by molar-refractivity contribution is -0.122. The van der Waals surface area contributed by atoms with Crippen LogP contribution in [0.4, 0.5) is 14.5 Å².